The largest absolute Gasteiger partial charge is 0.495 e. The quantitative estimate of drug-likeness (QED) is 0.853. The Kier molecular flexibility index (Phi) is 5.58. The molecular weight excluding hydrogens is 322 g/mol. The minimum absolute atomic E-state index is 0.0640. The number of hydrogen-bond donors (Lipinski definition) is 1. The summed E-state index contributed by atoms with van der Waals surface area (Å²) in [6.07, 6.45) is 0. The van der Waals surface area contributed by atoms with Gasteiger partial charge in [-0.1, -0.05) is 22.9 Å². The molecule has 7 heteroatoms. The number of benzene rings is 1. The average Bonchev–Trinajstić information content (AvgIpc) is 2.35. The van der Waals surface area contributed by atoms with Crippen LogP contribution in [0.5, 0.6) is 5.75 Å². The second-order valence-electron chi connectivity index (χ2n) is 3.52. The zero-order valence-corrected chi connectivity index (χ0v) is 12.7. The Bertz CT molecular complexity index is 504. The fourth-order valence-corrected chi connectivity index (χ4v) is 3.69. The molecule has 102 valence electrons. The van der Waals surface area contributed by atoms with Crippen molar-refractivity contribution in [2.24, 2.45) is 0 Å². The molecule has 1 aromatic carbocycles. The second kappa shape index (κ2) is 6.51. The summed E-state index contributed by atoms with van der Waals surface area (Å²) in [5, 5.41) is 8.91. The number of likely N-dealkylation sites (N-methyl/N-ethyl adjacent to an activating group) is 1. The van der Waals surface area contributed by atoms with Crippen molar-refractivity contribution in [3.05, 3.63) is 22.7 Å². The van der Waals surface area contributed by atoms with E-state index in [-0.39, 0.29) is 23.8 Å². The summed E-state index contributed by atoms with van der Waals surface area (Å²) in [6, 6.07) is 4.79. The van der Waals surface area contributed by atoms with Gasteiger partial charge in [0.15, 0.2) is 0 Å². The molecule has 5 nitrogen and oxygen atoms in total. The van der Waals surface area contributed by atoms with Crippen LogP contribution in [0.4, 0.5) is 0 Å². The standard InChI is InChI=1S/C11H16BrNO4S/c1-3-13(6-7-14)18(15,16)11-8-9(12)4-5-10(11)17-2/h4-5,8,14H,3,6-7H2,1-2H3. The molecule has 0 heterocycles. The molecule has 0 aliphatic carbocycles. The van der Waals surface area contributed by atoms with Crippen molar-refractivity contribution in [3.8, 4) is 5.75 Å². The fraction of sp³-hybridized carbons (Fsp3) is 0.455. The van der Waals surface area contributed by atoms with Gasteiger partial charge in [0.2, 0.25) is 10.0 Å². The SMILES string of the molecule is CCN(CCO)S(=O)(=O)c1cc(Br)ccc1OC. The van der Waals surface area contributed by atoms with Crippen LogP contribution in [0.25, 0.3) is 0 Å². The van der Waals surface area contributed by atoms with Crippen molar-refractivity contribution >= 4 is 26.0 Å². The fourth-order valence-electron chi connectivity index (χ4n) is 1.55. The monoisotopic (exact) mass is 337 g/mol. The third-order valence-corrected chi connectivity index (χ3v) is 4.93. The van der Waals surface area contributed by atoms with E-state index in [4.69, 9.17) is 9.84 Å². The van der Waals surface area contributed by atoms with E-state index >= 15 is 0 Å². The van der Waals surface area contributed by atoms with Crippen molar-refractivity contribution in [3.63, 3.8) is 0 Å². The summed E-state index contributed by atoms with van der Waals surface area (Å²) >= 11 is 3.24. The first-order chi connectivity index (χ1) is 8.47. The number of aliphatic hydroxyl groups excluding tert-OH is 1. The highest BCUT2D eigenvalue weighted by atomic mass is 79.9. The van der Waals surface area contributed by atoms with Crippen LogP contribution >= 0.6 is 15.9 Å². The maximum absolute atomic E-state index is 12.4. The van der Waals surface area contributed by atoms with E-state index < -0.39 is 10.0 Å². The minimum atomic E-state index is -3.66. The van der Waals surface area contributed by atoms with Gasteiger partial charge >= 0.3 is 0 Å². The van der Waals surface area contributed by atoms with E-state index in [1.807, 2.05) is 0 Å². The maximum Gasteiger partial charge on any atom is 0.246 e. The molecule has 0 saturated heterocycles. The van der Waals surface area contributed by atoms with Crippen molar-refractivity contribution in [2.45, 2.75) is 11.8 Å². The third kappa shape index (κ3) is 3.23. The van der Waals surface area contributed by atoms with Crippen molar-refractivity contribution in [2.75, 3.05) is 26.8 Å². The van der Waals surface area contributed by atoms with Gasteiger partial charge < -0.3 is 9.84 Å². The molecule has 0 aromatic heterocycles. The molecule has 0 aliphatic rings. The van der Waals surface area contributed by atoms with E-state index in [1.54, 1.807) is 19.1 Å². The molecule has 18 heavy (non-hydrogen) atoms. The van der Waals surface area contributed by atoms with E-state index in [9.17, 15) is 8.42 Å². The normalized spacial score (nSPS) is 11.8. The summed E-state index contributed by atoms with van der Waals surface area (Å²) < 4.78 is 31.7. The molecule has 1 aromatic rings. The van der Waals surface area contributed by atoms with Crippen LogP contribution in [-0.2, 0) is 10.0 Å². The Labute approximate surface area is 116 Å². The van der Waals surface area contributed by atoms with Gasteiger partial charge in [-0.05, 0) is 18.2 Å². The highest BCUT2D eigenvalue weighted by Gasteiger charge is 2.26. The molecule has 1 N–H and O–H groups in total. The Morgan fingerprint density at radius 1 is 1.44 bits per heavy atom. The van der Waals surface area contributed by atoms with Gasteiger partial charge in [-0.2, -0.15) is 4.31 Å². The number of halogens is 1. The molecule has 0 saturated carbocycles. The van der Waals surface area contributed by atoms with Crippen LogP contribution in [0, 0.1) is 0 Å². The van der Waals surface area contributed by atoms with Crippen LogP contribution in [-0.4, -0.2) is 44.6 Å². The zero-order valence-electron chi connectivity index (χ0n) is 10.3. The first kappa shape index (κ1) is 15.4. The smallest absolute Gasteiger partial charge is 0.246 e. The zero-order chi connectivity index (χ0) is 13.8. The average molecular weight is 338 g/mol. The highest BCUT2D eigenvalue weighted by Crippen LogP contribution is 2.29. The summed E-state index contributed by atoms with van der Waals surface area (Å²) in [4.78, 5) is 0.0923. The van der Waals surface area contributed by atoms with Gasteiger partial charge in [0.1, 0.15) is 10.6 Å². The lowest BCUT2D eigenvalue weighted by Gasteiger charge is -2.20. The van der Waals surface area contributed by atoms with Crippen molar-refractivity contribution in [1.82, 2.24) is 4.31 Å². The van der Waals surface area contributed by atoms with Gasteiger partial charge in [-0.15, -0.1) is 0 Å². The molecule has 0 unspecified atom stereocenters. The van der Waals surface area contributed by atoms with Crippen LogP contribution in [0.1, 0.15) is 6.92 Å². The summed E-state index contributed by atoms with van der Waals surface area (Å²) in [5.74, 6) is 0.287. The summed E-state index contributed by atoms with van der Waals surface area (Å²) in [6.45, 7) is 1.86. The Morgan fingerprint density at radius 3 is 2.61 bits per heavy atom. The molecule has 0 radical (unpaired) electrons. The Balaban J connectivity index is 3.30. The van der Waals surface area contributed by atoms with Crippen LogP contribution in [0.15, 0.2) is 27.6 Å². The van der Waals surface area contributed by atoms with Gasteiger partial charge in [-0.3, -0.25) is 0 Å². The number of sulfonamides is 1. The predicted molar refractivity (Wildman–Crippen MR) is 72.2 cm³/mol. The van der Waals surface area contributed by atoms with E-state index in [0.717, 1.165) is 0 Å². The number of aliphatic hydroxyl groups is 1. The molecule has 0 aliphatic heterocycles. The number of hydrogen-bond acceptors (Lipinski definition) is 4. The second-order valence-corrected chi connectivity index (χ2v) is 6.34. The topological polar surface area (TPSA) is 66.8 Å². The van der Waals surface area contributed by atoms with E-state index in [2.05, 4.69) is 15.9 Å². The Hall–Kier alpha value is -0.630. The van der Waals surface area contributed by atoms with Crippen LogP contribution < -0.4 is 4.74 Å². The number of rotatable bonds is 6. The van der Waals surface area contributed by atoms with Crippen molar-refractivity contribution in [1.29, 1.82) is 0 Å². The molecule has 0 fully saturated rings. The molecule has 0 amide bonds. The first-order valence-corrected chi connectivity index (χ1v) is 7.65. The molecule has 0 spiro atoms. The third-order valence-electron chi connectivity index (χ3n) is 2.45. The van der Waals surface area contributed by atoms with Crippen LogP contribution in [0.2, 0.25) is 0 Å². The lowest BCUT2D eigenvalue weighted by Crippen LogP contribution is -2.33. The highest BCUT2D eigenvalue weighted by molar-refractivity contribution is 9.10. The molecular formula is C11H16BrNO4S. The summed E-state index contributed by atoms with van der Waals surface area (Å²) in [7, 11) is -2.24. The molecule has 0 atom stereocenters. The van der Waals surface area contributed by atoms with E-state index in [1.165, 1.54) is 17.5 Å². The van der Waals surface area contributed by atoms with Crippen molar-refractivity contribution < 1.29 is 18.3 Å². The lowest BCUT2D eigenvalue weighted by atomic mass is 10.3. The predicted octanol–water partition coefficient (Wildman–Crippen LogP) is 1.46. The number of nitrogens with zero attached hydrogens (tertiary/aromatic N) is 1. The van der Waals surface area contributed by atoms with Gasteiger partial charge in [-0.25, -0.2) is 8.42 Å². The Morgan fingerprint density at radius 2 is 2.11 bits per heavy atom. The minimum Gasteiger partial charge on any atom is -0.495 e. The molecule has 0 bridgehead atoms. The number of methoxy groups -OCH3 is 1. The van der Waals surface area contributed by atoms with Gasteiger partial charge in [0.05, 0.1) is 13.7 Å². The maximum atomic E-state index is 12.4. The summed E-state index contributed by atoms with van der Waals surface area (Å²) in [5.41, 5.74) is 0. The van der Waals surface area contributed by atoms with Gasteiger partial charge in [0, 0.05) is 17.6 Å². The molecule has 1 rings (SSSR count). The van der Waals surface area contributed by atoms with Gasteiger partial charge in [0.25, 0.3) is 0 Å². The van der Waals surface area contributed by atoms with Crippen LogP contribution in [0.3, 0.4) is 0 Å². The lowest BCUT2D eigenvalue weighted by molar-refractivity contribution is 0.256. The first-order valence-electron chi connectivity index (χ1n) is 5.42. The number of ether oxygens (including phenoxy) is 1. The van der Waals surface area contributed by atoms with E-state index in [0.29, 0.717) is 11.0 Å².